The molecular weight excluding hydrogens is 238 g/mol. The minimum absolute atomic E-state index is 0.409. The highest BCUT2D eigenvalue weighted by Crippen LogP contribution is 2.37. The number of hydrogen-bond acceptors (Lipinski definition) is 4. The van der Waals surface area contributed by atoms with Crippen LogP contribution in [0.25, 0.3) is 0 Å². The van der Waals surface area contributed by atoms with Crippen LogP contribution in [0.2, 0.25) is 0 Å². The van der Waals surface area contributed by atoms with E-state index in [1.165, 1.54) is 32.5 Å². The van der Waals surface area contributed by atoms with Crippen molar-refractivity contribution in [1.82, 2.24) is 9.80 Å². The molecule has 1 saturated heterocycles. The van der Waals surface area contributed by atoms with Gasteiger partial charge in [0.25, 0.3) is 0 Å². The average Bonchev–Trinajstić information content (AvgIpc) is 3.04. The lowest BCUT2D eigenvalue weighted by atomic mass is 9.88. The van der Waals surface area contributed by atoms with E-state index >= 15 is 0 Å². The molecule has 2 atom stereocenters. The second-order valence-corrected chi connectivity index (χ2v) is 6.54. The van der Waals surface area contributed by atoms with Crippen LogP contribution < -0.4 is 5.73 Å². The zero-order valence-corrected chi connectivity index (χ0v) is 12.5. The highest BCUT2D eigenvalue weighted by atomic mass is 16.3. The molecule has 0 aromatic rings. The van der Waals surface area contributed by atoms with Gasteiger partial charge in [0.05, 0.1) is 5.60 Å². The van der Waals surface area contributed by atoms with Crippen molar-refractivity contribution in [3.63, 3.8) is 0 Å². The van der Waals surface area contributed by atoms with Crippen LogP contribution in [0.15, 0.2) is 0 Å². The molecule has 4 nitrogen and oxygen atoms in total. The van der Waals surface area contributed by atoms with Gasteiger partial charge >= 0.3 is 0 Å². The third-order valence-corrected chi connectivity index (χ3v) is 5.13. The third kappa shape index (κ3) is 4.15. The van der Waals surface area contributed by atoms with E-state index in [0.29, 0.717) is 12.5 Å². The Bertz CT molecular complexity index is 268. The van der Waals surface area contributed by atoms with Crippen LogP contribution in [-0.4, -0.2) is 66.8 Å². The SMILES string of the molecule is CN(CCC1CCCC1(O)CN)CCN1CCCC1. The van der Waals surface area contributed by atoms with Gasteiger partial charge in [-0.05, 0) is 64.7 Å². The number of hydrogen-bond donors (Lipinski definition) is 2. The van der Waals surface area contributed by atoms with E-state index in [1.54, 1.807) is 0 Å². The van der Waals surface area contributed by atoms with Crippen molar-refractivity contribution in [2.45, 2.75) is 44.1 Å². The van der Waals surface area contributed by atoms with Gasteiger partial charge in [-0.2, -0.15) is 0 Å². The summed E-state index contributed by atoms with van der Waals surface area (Å²) < 4.78 is 0. The highest BCUT2D eigenvalue weighted by molar-refractivity contribution is 4.93. The topological polar surface area (TPSA) is 52.7 Å². The molecule has 0 bridgehead atoms. The molecule has 2 aliphatic rings. The molecule has 0 radical (unpaired) electrons. The molecule has 0 amide bonds. The smallest absolute Gasteiger partial charge is 0.0797 e. The number of likely N-dealkylation sites (tertiary alicyclic amines) is 1. The van der Waals surface area contributed by atoms with Crippen LogP contribution in [0.1, 0.15) is 38.5 Å². The van der Waals surface area contributed by atoms with E-state index in [2.05, 4.69) is 16.8 Å². The van der Waals surface area contributed by atoms with E-state index in [-0.39, 0.29) is 0 Å². The predicted molar refractivity (Wildman–Crippen MR) is 79.1 cm³/mol. The van der Waals surface area contributed by atoms with Gasteiger partial charge in [0.1, 0.15) is 0 Å². The molecule has 1 aliphatic heterocycles. The van der Waals surface area contributed by atoms with E-state index < -0.39 is 5.60 Å². The van der Waals surface area contributed by atoms with Crippen molar-refractivity contribution in [3.8, 4) is 0 Å². The molecule has 0 spiro atoms. The summed E-state index contributed by atoms with van der Waals surface area (Å²) in [4.78, 5) is 4.97. The zero-order chi connectivity index (χ0) is 13.7. The molecule has 2 rings (SSSR count). The second-order valence-electron chi connectivity index (χ2n) is 6.54. The number of aliphatic hydroxyl groups is 1. The van der Waals surface area contributed by atoms with Crippen molar-refractivity contribution in [1.29, 1.82) is 0 Å². The monoisotopic (exact) mass is 269 g/mol. The minimum atomic E-state index is -0.574. The molecule has 2 fully saturated rings. The standard InChI is InChI=1S/C15H31N3O/c1-17(11-12-18-8-2-3-9-18)10-6-14-5-4-7-15(14,19)13-16/h14,19H,2-13,16H2,1H3. The van der Waals surface area contributed by atoms with Crippen LogP contribution in [-0.2, 0) is 0 Å². The van der Waals surface area contributed by atoms with Crippen molar-refractivity contribution in [3.05, 3.63) is 0 Å². The third-order valence-electron chi connectivity index (χ3n) is 5.13. The lowest BCUT2D eigenvalue weighted by Crippen LogP contribution is -2.42. The molecule has 3 N–H and O–H groups in total. The summed E-state index contributed by atoms with van der Waals surface area (Å²) in [6.07, 6.45) is 7.00. The molecule has 1 saturated carbocycles. The zero-order valence-electron chi connectivity index (χ0n) is 12.5. The van der Waals surface area contributed by atoms with Crippen LogP contribution >= 0.6 is 0 Å². The molecule has 112 valence electrons. The summed E-state index contributed by atoms with van der Waals surface area (Å²) in [6, 6.07) is 0. The Kier molecular flexibility index (Phi) is 5.63. The van der Waals surface area contributed by atoms with Crippen molar-refractivity contribution in [2.24, 2.45) is 11.7 Å². The maximum atomic E-state index is 10.4. The number of rotatable bonds is 7. The Balaban J connectivity index is 1.64. The number of nitrogens with zero attached hydrogens (tertiary/aromatic N) is 2. The van der Waals surface area contributed by atoms with E-state index in [9.17, 15) is 5.11 Å². The van der Waals surface area contributed by atoms with Crippen molar-refractivity contribution in [2.75, 3.05) is 46.3 Å². The molecule has 0 aromatic heterocycles. The summed E-state index contributed by atoms with van der Waals surface area (Å²) in [5.41, 5.74) is 5.16. The van der Waals surface area contributed by atoms with Crippen LogP contribution in [0.3, 0.4) is 0 Å². The number of nitrogens with two attached hydrogens (primary N) is 1. The maximum absolute atomic E-state index is 10.4. The van der Waals surface area contributed by atoms with Crippen LogP contribution in [0.4, 0.5) is 0 Å². The predicted octanol–water partition coefficient (Wildman–Crippen LogP) is 0.894. The van der Waals surface area contributed by atoms with Crippen LogP contribution in [0, 0.1) is 5.92 Å². The van der Waals surface area contributed by atoms with Gasteiger partial charge < -0.3 is 20.6 Å². The molecule has 0 aromatic carbocycles. The van der Waals surface area contributed by atoms with Gasteiger partial charge in [0.15, 0.2) is 0 Å². The normalized spacial score (nSPS) is 32.5. The summed E-state index contributed by atoms with van der Waals surface area (Å²) >= 11 is 0. The molecular formula is C15H31N3O. The lowest BCUT2D eigenvalue weighted by molar-refractivity contribution is 0.00519. The fourth-order valence-electron chi connectivity index (χ4n) is 3.62. The highest BCUT2D eigenvalue weighted by Gasteiger charge is 2.39. The first-order valence-electron chi connectivity index (χ1n) is 7.97. The fourth-order valence-corrected chi connectivity index (χ4v) is 3.62. The minimum Gasteiger partial charge on any atom is -0.388 e. The first-order valence-corrected chi connectivity index (χ1v) is 7.97. The maximum Gasteiger partial charge on any atom is 0.0797 e. The van der Waals surface area contributed by atoms with E-state index in [4.69, 9.17) is 5.73 Å². The average molecular weight is 269 g/mol. The molecule has 2 unspecified atom stereocenters. The largest absolute Gasteiger partial charge is 0.388 e. The van der Waals surface area contributed by atoms with Gasteiger partial charge in [-0.25, -0.2) is 0 Å². The van der Waals surface area contributed by atoms with Crippen molar-refractivity contribution >= 4 is 0 Å². The first kappa shape index (κ1) is 15.2. The second kappa shape index (κ2) is 7.02. The first-order chi connectivity index (χ1) is 9.14. The van der Waals surface area contributed by atoms with Gasteiger partial charge in [0.2, 0.25) is 0 Å². The van der Waals surface area contributed by atoms with Crippen LogP contribution in [0.5, 0.6) is 0 Å². The van der Waals surface area contributed by atoms with E-state index in [0.717, 1.165) is 38.8 Å². The molecule has 4 heteroatoms. The summed E-state index contributed by atoms with van der Waals surface area (Å²) in [5, 5.41) is 10.4. The summed E-state index contributed by atoms with van der Waals surface area (Å²) in [6.45, 7) is 6.42. The molecule has 1 aliphatic carbocycles. The van der Waals surface area contributed by atoms with E-state index in [1.807, 2.05) is 0 Å². The summed E-state index contributed by atoms with van der Waals surface area (Å²) in [7, 11) is 2.20. The Morgan fingerprint density at radius 3 is 2.68 bits per heavy atom. The Morgan fingerprint density at radius 2 is 2.00 bits per heavy atom. The molecule has 19 heavy (non-hydrogen) atoms. The van der Waals surface area contributed by atoms with Gasteiger partial charge in [0, 0.05) is 19.6 Å². The van der Waals surface area contributed by atoms with Gasteiger partial charge in [-0.3, -0.25) is 0 Å². The van der Waals surface area contributed by atoms with Gasteiger partial charge in [-0.1, -0.05) is 6.42 Å². The molecule has 1 heterocycles. The Labute approximate surface area is 117 Å². The summed E-state index contributed by atoms with van der Waals surface area (Å²) in [5.74, 6) is 0.409. The Morgan fingerprint density at radius 1 is 1.26 bits per heavy atom. The quantitative estimate of drug-likeness (QED) is 0.721. The lowest BCUT2D eigenvalue weighted by Gasteiger charge is -2.30. The fraction of sp³-hybridized carbons (Fsp3) is 1.00. The van der Waals surface area contributed by atoms with Gasteiger partial charge in [-0.15, -0.1) is 0 Å². The number of likely N-dealkylation sites (N-methyl/N-ethyl adjacent to an activating group) is 1. The Hall–Kier alpha value is -0.160. The van der Waals surface area contributed by atoms with Crippen molar-refractivity contribution < 1.29 is 5.11 Å².